The van der Waals surface area contributed by atoms with Crippen LogP contribution in [0.4, 0.5) is 0 Å². The first-order valence-corrected chi connectivity index (χ1v) is 9.88. The van der Waals surface area contributed by atoms with Gasteiger partial charge >= 0.3 is 0 Å². The number of carbonyl (C=O) groups excluding carboxylic acids is 1. The Morgan fingerprint density at radius 2 is 1.78 bits per heavy atom. The van der Waals surface area contributed by atoms with Crippen LogP contribution in [-0.2, 0) is 11.3 Å². The lowest BCUT2D eigenvalue weighted by Gasteiger charge is -2.41. The lowest BCUT2D eigenvalue weighted by atomic mass is 9.95. The number of piperidine rings is 1. The Morgan fingerprint density at radius 1 is 1.15 bits per heavy atom. The van der Waals surface area contributed by atoms with Crippen LogP contribution in [-0.4, -0.2) is 41.4 Å². The Morgan fingerprint density at radius 3 is 2.41 bits per heavy atom. The fourth-order valence-electron chi connectivity index (χ4n) is 3.95. The molecular formula is C23H31N3O. The summed E-state index contributed by atoms with van der Waals surface area (Å²) in [6.07, 6.45) is 2.38. The minimum atomic E-state index is -0.239. The first kappa shape index (κ1) is 19.6. The fraction of sp³-hybridized carbons (Fsp3) is 0.435. The number of likely N-dealkylation sites (tertiary alicyclic amines) is 1. The molecule has 4 heteroatoms. The third-order valence-electron chi connectivity index (χ3n) is 5.78. The van der Waals surface area contributed by atoms with Crippen molar-refractivity contribution in [3.63, 3.8) is 0 Å². The van der Waals surface area contributed by atoms with E-state index in [0.29, 0.717) is 18.5 Å². The second-order valence-corrected chi connectivity index (χ2v) is 7.71. The highest BCUT2D eigenvalue weighted by Gasteiger charge is 2.30. The Kier molecular flexibility index (Phi) is 6.64. The summed E-state index contributed by atoms with van der Waals surface area (Å²) in [4.78, 5) is 17.2. The number of nitrogens with zero attached hydrogens (tertiary/aromatic N) is 2. The van der Waals surface area contributed by atoms with Gasteiger partial charge in [0, 0.05) is 44.7 Å². The highest BCUT2D eigenvalue weighted by Crippen LogP contribution is 2.24. The molecule has 144 valence electrons. The largest absolute Gasteiger partial charge is 0.343 e. The van der Waals surface area contributed by atoms with Crippen LogP contribution in [0.3, 0.4) is 0 Å². The Labute approximate surface area is 163 Å². The van der Waals surface area contributed by atoms with Gasteiger partial charge in [0.25, 0.3) is 0 Å². The maximum atomic E-state index is 12.7. The summed E-state index contributed by atoms with van der Waals surface area (Å²) in [6, 6.07) is 21.0. The summed E-state index contributed by atoms with van der Waals surface area (Å²) in [5.41, 5.74) is 8.61. The number of amides is 1. The molecule has 0 radical (unpaired) electrons. The molecule has 2 N–H and O–H groups in total. The van der Waals surface area contributed by atoms with Gasteiger partial charge < -0.3 is 10.6 Å². The number of benzene rings is 2. The van der Waals surface area contributed by atoms with Crippen LogP contribution in [0.15, 0.2) is 60.7 Å². The number of rotatable bonds is 6. The van der Waals surface area contributed by atoms with E-state index in [1.54, 1.807) is 0 Å². The molecule has 3 rings (SSSR count). The first-order chi connectivity index (χ1) is 13.0. The van der Waals surface area contributed by atoms with Gasteiger partial charge in [0.05, 0.1) is 0 Å². The zero-order valence-corrected chi connectivity index (χ0v) is 16.4. The Bertz CT molecular complexity index is 719. The average molecular weight is 366 g/mol. The van der Waals surface area contributed by atoms with Gasteiger partial charge in [0.15, 0.2) is 0 Å². The van der Waals surface area contributed by atoms with Crippen molar-refractivity contribution in [1.82, 2.24) is 9.80 Å². The molecule has 1 aliphatic rings. The molecule has 27 heavy (non-hydrogen) atoms. The third kappa shape index (κ3) is 5.18. The molecule has 0 aliphatic carbocycles. The summed E-state index contributed by atoms with van der Waals surface area (Å²) in [7, 11) is 1.93. The summed E-state index contributed by atoms with van der Waals surface area (Å²) in [5.74, 6) is 0.139. The van der Waals surface area contributed by atoms with Crippen molar-refractivity contribution in [3.8, 4) is 0 Å². The maximum absolute atomic E-state index is 12.7. The van der Waals surface area contributed by atoms with Crippen molar-refractivity contribution in [2.24, 2.45) is 5.73 Å². The van der Waals surface area contributed by atoms with E-state index in [1.807, 2.05) is 42.3 Å². The zero-order valence-electron chi connectivity index (χ0n) is 16.4. The van der Waals surface area contributed by atoms with E-state index < -0.39 is 0 Å². The monoisotopic (exact) mass is 365 g/mol. The summed E-state index contributed by atoms with van der Waals surface area (Å²) in [5, 5.41) is 0. The summed E-state index contributed by atoms with van der Waals surface area (Å²) in [6.45, 7) is 4.26. The van der Waals surface area contributed by atoms with E-state index in [2.05, 4.69) is 42.2 Å². The van der Waals surface area contributed by atoms with Crippen molar-refractivity contribution >= 4 is 5.91 Å². The minimum absolute atomic E-state index is 0.139. The molecule has 1 heterocycles. The van der Waals surface area contributed by atoms with Crippen LogP contribution in [0, 0.1) is 0 Å². The molecule has 1 fully saturated rings. The Hall–Kier alpha value is -2.17. The van der Waals surface area contributed by atoms with Gasteiger partial charge in [-0.3, -0.25) is 9.69 Å². The second-order valence-electron chi connectivity index (χ2n) is 7.71. The number of nitrogens with two attached hydrogens (primary N) is 1. The maximum Gasteiger partial charge on any atom is 0.224 e. The van der Waals surface area contributed by atoms with Gasteiger partial charge in [-0.05, 0) is 30.9 Å². The molecule has 1 aliphatic heterocycles. The van der Waals surface area contributed by atoms with Gasteiger partial charge in [-0.25, -0.2) is 0 Å². The molecule has 0 spiro atoms. The highest BCUT2D eigenvalue weighted by molar-refractivity contribution is 5.77. The van der Waals surface area contributed by atoms with Gasteiger partial charge in [-0.1, -0.05) is 60.7 Å². The van der Waals surface area contributed by atoms with Crippen molar-refractivity contribution in [2.75, 3.05) is 13.6 Å². The normalized spacial score (nSPS) is 21.6. The van der Waals surface area contributed by atoms with E-state index in [9.17, 15) is 4.79 Å². The lowest BCUT2D eigenvalue weighted by molar-refractivity contribution is -0.133. The summed E-state index contributed by atoms with van der Waals surface area (Å²) >= 11 is 0. The van der Waals surface area contributed by atoms with Crippen LogP contribution in [0.5, 0.6) is 0 Å². The Balaban J connectivity index is 1.52. The van der Waals surface area contributed by atoms with E-state index in [0.717, 1.165) is 31.5 Å². The van der Waals surface area contributed by atoms with E-state index in [-0.39, 0.29) is 11.9 Å². The van der Waals surface area contributed by atoms with Crippen molar-refractivity contribution in [2.45, 2.75) is 50.9 Å². The minimum Gasteiger partial charge on any atom is -0.343 e. The van der Waals surface area contributed by atoms with Gasteiger partial charge in [-0.15, -0.1) is 0 Å². The predicted octanol–water partition coefficient (Wildman–Crippen LogP) is 3.59. The summed E-state index contributed by atoms with van der Waals surface area (Å²) < 4.78 is 0. The second kappa shape index (κ2) is 9.16. The van der Waals surface area contributed by atoms with Crippen LogP contribution in [0.25, 0.3) is 0 Å². The molecule has 0 unspecified atom stereocenters. The van der Waals surface area contributed by atoms with Gasteiger partial charge in [-0.2, -0.15) is 0 Å². The van der Waals surface area contributed by atoms with E-state index >= 15 is 0 Å². The lowest BCUT2D eigenvalue weighted by Crippen LogP contribution is -2.49. The van der Waals surface area contributed by atoms with Crippen LogP contribution in [0.1, 0.15) is 43.4 Å². The van der Waals surface area contributed by atoms with Gasteiger partial charge in [0.2, 0.25) is 5.91 Å². The zero-order chi connectivity index (χ0) is 19.2. The molecule has 2 aromatic rings. The number of carbonyl (C=O) groups is 1. The molecule has 0 aromatic heterocycles. The smallest absolute Gasteiger partial charge is 0.224 e. The van der Waals surface area contributed by atoms with Crippen molar-refractivity contribution < 1.29 is 4.79 Å². The molecule has 4 nitrogen and oxygen atoms in total. The number of hydrogen-bond donors (Lipinski definition) is 1. The average Bonchev–Trinajstić information content (AvgIpc) is 2.70. The fourth-order valence-corrected chi connectivity index (χ4v) is 3.95. The predicted molar refractivity (Wildman–Crippen MR) is 110 cm³/mol. The van der Waals surface area contributed by atoms with Crippen LogP contribution >= 0.6 is 0 Å². The topological polar surface area (TPSA) is 49.6 Å². The molecule has 0 bridgehead atoms. The van der Waals surface area contributed by atoms with E-state index in [1.165, 1.54) is 5.56 Å². The quantitative estimate of drug-likeness (QED) is 0.851. The van der Waals surface area contributed by atoms with Crippen molar-refractivity contribution in [1.29, 1.82) is 0 Å². The standard InChI is InChI=1S/C23H31N3O/c1-18-15-21(13-14-26(18)17-19-9-5-3-6-10-19)25(2)23(27)16-22(24)20-11-7-4-8-12-20/h3-12,18,21-22H,13-17,24H2,1-2H3/t18-,21-,22-/m1/s1. The van der Waals surface area contributed by atoms with E-state index in [4.69, 9.17) is 5.73 Å². The molecule has 1 saturated heterocycles. The third-order valence-corrected chi connectivity index (χ3v) is 5.78. The molecular weight excluding hydrogens is 334 g/mol. The highest BCUT2D eigenvalue weighted by atomic mass is 16.2. The molecule has 2 aromatic carbocycles. The molecule has 0 saturated carbocycles. The first-order valence-electron chi connectivity index (χ1n) is 9.88. The van der Waals surface area contributed by atoms with Crippen molar-refractivity contribution in [3.05, 3.63) is 71.8 Å². The SMILES string of the molecule is C[C@@H]1C[C@H](N(C)C(=O)C[C@@H](N)c2ccccc2)CCN1Cc1ccccc1. The molecule has 1 amide bonds. The van der Waals surface area contributed by atoms with Crippen LogP contribution in [0.2, 0.25) is 0 Å². The molecule has 3 atom stereocenters. The van der Waals surface area contributed by atoms with Gasteiger partial charge in [0.1, 0.15) is 0 Å². The number of hydrogen-bond acceptors (Lipinski definition) is 3. The van der Waals surface area contributed by atoms with Crippen LogP contribution < -0.4 is 5.73 Å².